The van der Waals surface area contributed by atoms with Crippen LogP contribution in [0.2, 0.25) is 0 Å². The van der Waals surface area contributed by atoms with Gasteiger partial charge in [-0.1, -0.05) is 49.4 Å². The number of likely N-dealkylation sites (N-methyl/N-ethyl adjacent to an activating group) is 1. The van der Waals surface area contributed by atoms with E-state index in [1.54, 1.807) is 0 Å². The molecule has 2 heteroatoms. The first-order valence-corrected chi connectivity index (χ1v) is 7.80. The molecule has 0 amide bonds. The quantitative estimate of drug-likeness (QED) is 0.790. The van der Waals surface area contributed by atoms with Gasteiger partial charge in [0.05, 0.1) is 6.61 Å². The highest BCUT2D eigenvalue weighted by Gasteiger charge is 2.12. The minimum Gasteiger partial charge on any atom is -0.494 e. The lowest BCUT2D eigenvalue weighted by Gasteiger charge is -2.18. The molecule has 1 unspecified atom stereocenters. The smallest absolute Gasteiger partial charge is 0.119 e. The van der Waals surface area contributed by atoms with Crippen LogP contribution < -0.4 is 10.1 Å². The largest absolute Gasteiger partial charge is 0.494 e. The van der Waals surface area contributed by atoms with Crippen LogP contribution in [0.3, 0.4) is 0 Å². The van der Waals surface area contributed by atoms with Gasteiger partial charge in [0.1, 0.15) is 5.75 Å². The monoisotopic (exact) mass is 283 g/mol. The lowest BCUT2D eigenvalue weighted by molar-refractivity contribution is 0.340. The summed E-state index contributed by atoms with van der Waals surface area (Å²) >= 11 is 0. The summed E-state index contributed by atoms with van der Waals surface area (Å²) in [5.41, 5.74) is 2.72. The first-order chi connectivity index (χ1) is 10.3. The van der Waals surface area contributed by atoms with E-state index in [1.165, 1.54) is 11.1 Å². The van der Waals surface area contributed by atoms with Crippen molar-refractivity contribution in [2.75, 3.05) is 19.7 Å². The van der Waals surface area contributed by atoms with E-state index in [2.05, 4.69) is 60.8 Å². The summed E-state index contributed by atoms with van der Waals surface area (Å²) in [7, 11) is 0. The lowest BCUT2D eigenvalue weighted by Crippen LogP contribution is -2.22. The summed E-state index contributed by atoms with van der Waals surface area (Å²) in [5, 5.41) is 3.48. The summed E-state index contributed by atoms with van der Waals surface area (Å²) in [6.45, 7) is 6.88. The Morgan fingerprint density at radius 1 is 1.00 bits per heavy atom. The van der Waals surface area contributed by atoms with E-state index in [1.807, 2.05) is 13.0 Å². The predicted molar refractivity (Wildman–Crippen MR) is 89.0 cm³/mol. The van der Waals surface area contributed by atoms with Gasteiger partial charge < -0.3 is 10.1 Å². The van der Waals surface area contributed by atoms with E-state index >= 15 is 0 Å². The van der Waals surface area contributed by atoms with E-state index in [-0.39, 0.29) is 0 Å². The van der Waals surface area contributed by atoms with Crippen LogP contribution in [0, 0.1) is 0 Å². The average molecular weight is 283 g/mol. The highest BCUT2D eigenvalue weighted by atomic mass is 16.5. The second-order valence-electron chi connectivity index (χ2n) is 5.20. The lowest BCUT2D eigenvalue weighted by atomic mass is 9.92. The molecule has 1 N–H and O–H groups in total. The average Bonchev–Trinajstić information content (AvgIpc) is 2.53. The highest BCUT2D eigenvalue weighted by Crippen LogP contribution is 2.22. The maximum atomic E-state index is 5.60. The molecular formula is C19H25NO. The minimum atomic E-state index is 0.489. The standard InChI is InChI=1S/C19H25NO/c1-3-20-15-18(17-10-6-5-7-11-17)13-16-9-8-12-19(14-16)21-4-2/h5-12,14,18,20H,3-4,13,15H2,1-2H3. The van der Waals surface area contributed by atoms with Gasteiger partial charge in [0.2, 0.25) is 0 Å². The molecule has 2 aromatic rings. The zero-order chi connectivity index (χ0) is 14.9. The second-order valence-corrected chi connectivity index (χ2v) is 5.20. The third-order valence-corrected chi connectivity index (χ3v) is 3.60. The van der Waals surface area contributed by atoms with Crippen molar-refractivity contribution in [3.63, 3.8) is 0 Å². The van der Waals surface area contributed by atoms with E-state index in [0.717, 1.165) is 25.3 Å². The zero-order valence-electron chi connectivity index (χ0n) is 13.0. The van der Waals surface area contributed by atoms with Crippen LogP contribution in [0.4, 0.5) is 0 Å². The molecule has 0 saturated carbocycles. The summed E-state index contributed by atoms with van der Waals surface area (Å²) in [4.78, 5) is 0. The van der Waals surface area contributed by atoms with Gasteiger partial charge in [0.25, 0.3) is 0 Å². The Balaban J connectivity index is 2.12. The van der Waals surface area contributed by atoms with Gasteiger partial charge >= 0.3 is 0 Å². The second kappa shape index (κ2) is 8.48. The van der Waals surface area contributed by atoms with Crippen LogP contribution in [0.5, 0.6) is 5.75 Å². The third-order valence-electron chi connectivity index (χ3n) is 3.60. The van der Waals surface area contributed by atoms with Crippen LogP contribution in [-0.4, -0.2) is 19.7 Å². The molecule has 21 heavy (non-hydrogen) atoms. The van der Waals surface area contributed by atoms with Crippen molar-refractivity contribution in [2.24, 2.45) is 0 Å². The molecule has 0 fully saturated rings. The van der Waals surface area contributed by atoms with Crippen molar-refractivity contribution in [3.05, 3.63) is 65.7 Å². The number of nitrogens with one attached hydrogen (secondary N) is 1. The fraction of sp³-hybridized carbons (Fsp3) is 0.368. The molecule has 0 heterocycles. The topological polar surface area (TPSA) is 21.3 Å². The molecular weight excluding hydrogens is 258 g/mol. The van der Waals surface area contributed by atoms with Crippen molar-refractivity contribution in [2.45, 2.75) is 26.2 Å². The molecule has 2 nitrogen and oxygen atoms in total. The van der Waals surface area contributed by atoms with E-state index in [9.17, 15) is 0 Å². The molecule has 0 radical (unpaired) electrons. The van der Waals surface area contributed by atoms with Crippen LogP contribution in [0.25, 0.3) is 0 Å². The summed E-state index contributed by atoms with van der Waals surface area (Å²) in [5.74, 6) is 1.45. The number of hydrogen-bond acceptors (Lipinski definition) is 2. The third kappa shape index (κ3) is 4.91. The first-order valence-electron chi connectivity index (χ1n) is 7.80. The zero-order valence-corrected chi connectivity index (χ0v) is 13.0. The molecule has 0 bridgehead atoms. The molecule has 0 aliphatic carbocycles. The van der Waals surface area contributed by atoms with Crippen LogP contribution in [0.15, 0.2) is 54.6 Å². The van der Waals surface area contributed by atoms with Gasteiger partial charge in [0, 0.05) is 12.5 Å². The predicted octanol–water partition coefficient (Wildman–Crippen LogP) is 4.02. The Morgan fingerprint density at radius 2 is 1.81 bits per heavy atom. The molecule has 0 aliphatic rings. The van der Waals surface area contributed by atoms with Crippen molar-refractivity contribution in [1.82, 2.24) is 5.32 Å². The van der Waals surface area contributed by atoms with Crippen molar-refractivity contribution < 1.29 is 4.74 Å². The fourth-order valence-electron chi connectivity index (χ4n) is 2.57. The van der Waals surface area contributed by atoms with Gasteiger partial charge in [-0.25, -0.2) is 0 Å². The Bertz CT molecular complexity index is 524. The molecule has 0 aromatic heterocycles. The summed E-state index contributed by atoms with van der Waals surface area (Å²) < 4.78 is 5.60. The maximum Gasteiger partial charge on any atom is 0.119 e. The molecule has 2 rings (SSSR count). The molecule has 0 saturated heterocycles. The van der Waals surface area contributed by atoms with Crippen LogP contribution >= 0.6 is 0 Å². The molecule has 0 spiro atoms. The van der Waals surface area contributed by atoms with Crippen molar-refractivity contribution in [3.8, 4) is 5.75 Å². The van der Waals surface area contributed by atoms with E-state index in [4.69, 9.17) is 4.74 Å². The van der Waals surface area contributed by atoms with Crippen molar-refractivity contribution >= 4 is 0 Å². The van der Waals surface area contributed by atoms with Gasteiger partial charge in [-0.2, -0.15) is 0 Å². The first kappa shape index (κ1) is 15.6. The molecule has 1 atom stereocenters. The number of rotatable bonds is 8. The number of benzene rings is 2. The van der Waals surface area contributed by atoms with Gasteiger partial charge in [-0.15, -0.1) is 0 Å². The highest BCUT2D eigenvalue weighted by molar-refractivity contribution is 5.31. The molecule has 112 valence electrons. The molecule has 0 aliphatic heterocycles. The Kier molecular flexibility index (Phi) is 6.29. The van der Waals surface area contributed by atoms with Crippen LogP contribution in [-0.2, 0) is 6.42 Å². The van der Waals surface area contributed by atoms with Gasteiger partial charge in [0.15, 0.2) is 0 Å². The normalized spacial score (nSPS) is 12.1. The Labute approximate surface area is 128 Å². The molecule has 2 aromatic carbocycles. The summed E-state index contributed by atoms with van der Waals surface area (Å²) in [6.07, 6.45) is 1.03. The van der Waals surface area contributed by atoms with Crippen molar-refractivity contribution in [1.29, 1.82) is 0 Å². The van der Waals surface area contributed by atoms with E-state index < -0.39 is 0 Å². The fourth-order valence-corrected chi connectivity index (χ4v) is 2.57. The minimum absolute atomic E-state index is 0.489. The van der Waals surface area contributed by atoms with E-state index in [0.29, 0.717) is 12.5 Å². The maximum absolute atomic E-state index is 5.60. The van der Waals surface area contributed by atoms with Crippen LogP contribution in [0.1, 0.15) is 30.9 Å². The van der Waals surface area contributed by atoms with Gasteiger partial charge in [-0.05, 0) is 43.1 Å². The SMILES string of the molecule is CCNCC(Cc1cccc(OCC)c1)c1ccccc1. The number of ether oxygens (including phenoxy) is 1. The Hall–Kier alpha value is -1.80. The number of hydrogen-bond donors (Lipinski definition) is 1. The summed E-state index contributed by atoms with van der Waals surface area (Å²) in [6, 6.07) is 19.2. The van der Waals surface area contributed by atoms with Gasteiger partial charge in [-0.3, -0.25) is 0 Å². The Morgan fingerprint density at radius 3 is 2.52 bits per heavy atom.